The fourth-order valence-corrected chi connectivity index (χ4v) is 3.20. The maximum absolute atomic E-state index is 5.46. The van der Waals surface area contributed by atoms with Crippen LogP contribution in [0.5, 0.6) is 0 Å². The van der Waals surface area contributed by atoms with E-state index in [1.807, 2.05) is 24.3 Å². The van der Waals surface area contributed by atoms with Gasteiger partial charge in [0.1, 0.15) is 5.76 Å². The van der Waals surface area contributed by atoms with E-state index in [4.69, 9.17) is 16.6 Å². The summed E-state index contributed by atoms with van der Waals surface area (Å²) in [6.45, 7) is 2.19. The van der Waals surface area contributed by atoms with E-state index in [0.717, 1.165) is 38.9 Å². The van der Waals surface area contributed by atoms with Crippen molar-refractivity contribution in [1.29, 1.82) is 0 Å². The molecule has 1 atom stereocenters. The van der Waals surface area contributed by atoms with Gasteiger partial charge in [0.25, 0.3) is 0 Å². The van der Waals surface area contributed by atoms with Gasteiger partial charge < -0.3 is 14.0 Å². The molecule has 2 aromatic heterocycles. The van der Waals surface area contributed by atoms with Gasteiger partial charge in [0.2, 0.25) is 0 Å². The number of aromatic nitrogens is 2. The Bertz CT molecular complexity index is 773. The standard InChI is InChI=1S/C15H15BrN2OS/c1-10(4-6-12-3-2-8-19-12)18-14-9-11(16)5-7-13(14)17-15(18)20/h2-3,5,7-10H,4,6H2,1H3,(H,17,20). The molecule has 0 bridgehead atoms. The Kier molecular flexibility index (Phi) is 3.81. The van der Waals surface area contributed by atoms with Gasteiger partial charge >= 0.3 is 0 Å². The molecular weight excluding hydrogens is 336 g/mol. The lowest BCUT2D eigenvalue weighted by Crippen LogP contribution is -2.06. The van der Waals surface area contributed by atoms with Crippen molar-refractivity contribution in [2.24, 2.45) is 0 Å². The first-order valence-corrected chi connectivity index (χ1v) is 7.77. The number of furan rings is 1. The van der Waals surface area contributed by atoms with Crippen molar-refractivity contribution in [2.75, 3.05) is 0 Å². The first-order valence-electron chi connectivity index (χ1n) is 6.57. The molecule has 104 valence electrons. The maximum atomic E-state index is 5.46. The third-order valence-corrected chi connectivity index (χ3v) is 4.30. The summed E-state index contributed by atoms with van der Waals surface area (Å²) in [5.41, 5.74) is 2.21. The minimum Gasteiger partial charge on any atom is -0.469 e. The Hall–Kier alpha value is -1.33. The van der Waals surface area contributed by atoms with E-state index < -0.39 is 0 Å². The molecule has 0 saturated heterocycles. The molecule has 0 aliphatic rings. The molecule has 1 aromatic carbocycles. The predicted octanol–water partition coefficient (Wildman–Crippen LogP) is 5.25. The lowest BCUT2D eigenvalue weighted by molar-refractivity contribution is 0.455. The summed E-state index contributed by atoms with van der Waals surface area (Å²) in [6, 6.07) is 10.4. The molecular formula is C15H15BrN2OS. The third-order valence-electron chi connectivity index (χ3n) is 3.51. The van der Waals surface area contributed by atoms with Crippen molar-refractivity contribution in [3.63, 3.8) is 0 Å². The summed E-state index contributed by atoms with van der Waals surface area (Å²) in [5, 5.41) is 0. The molecule has 0 amide bonds. The molecule has 0 aliphatic heterocycles. The van der Waals surface area contributed by atoms with Crippen LogP contribution in [0.1, 0.15) is 25.1 Å². The van der Waals surface area contributed by atoms with Gasteiger partial charge in [-0.25, -0.2) is 0 Å². The Morgan fingerprint density at radius 2 is 2.25 bits per heavy atom. The van der Waals surface area contributed by atoms with Crippen LogP contribution in [0.3, 0.4) is 0 Å². The van der Waals surface area contributed by atoms with Gasteiger partial charge in [-0.2, -0.15) is 0 Å². The van der Waals surface area contributed by atoms with E-state index in [-0.39, 0.29) is 0 Å². The lowest BCUT2D eigenvalue weighted by atomic mass is 10.1. The molecule has 20 heavy (non-hydrogen) atoms. The van der Waals surface area contributed by atoms with Crippen molar-refractivity contribution >= 4 is 39.2 Å². The molecule has 1 N–H and O–H groups in total. The number of nitrogens with one attached hydrogen (secondary N) is 1. The number of aromatic amines is 1. The highest BCUT2D eigenvalue weighted by molar-refractivity contribution is 9.10. The van der Waals surface area contributed by atoms with Crippen LogP contribution in [0, 0.1) is 4.77 Å². The topological polar surface area (TPSA) is 33.9 Å². The average Bonchev–Trinajstić information content (AvgIpc) is 3.02. The van der Waals surface area contributed by atoms with Crippen LogP contribution in [-0.4, -0.2) is 9.55 Å². The number of aryl methyl sites for hydroxylation is 1. The second-order valence-corrected chi connectivity index (χ2v) is 6.23. The van der Waals surface area contributed by atoms with E-state index in [1.165, 1.54) is 0 Å². The summed E-state index contributed by atoms with van der Waals surface area (Å²) >= 11 is 8.97. The van der Waals surface area contributed by atoms with Gasteiger partial charge in [0.15, 0.2) is 4.77 Å². The van der Waals surface area contributed by atoms with Crippen LogP contribution in [0.4, 0.5) is 0 Å². The predicted molar refractivity (Wildman–Crippen MR) is 86.6 cm³/mol. The van der Waals surface area contributed by atoms with Gasteiger partial charge in [-0.3, -0.25) is 0 Å². The molecule has 3 aromatic rings. The molecule has 5 heteroatoms. The minimum atomic E-state index is 0.315. The van der Waals surface area contributed by atoms with Crippen LogP contribution < -0.4 is 0 Å². The molecule has 0 aliphatic carbocycles. The third kappa shape index (κ3) is 2.60. The minimum absolute atomic E-state index is 0.315. The smallest absolute Gasteiger partial charge is 0.178 e. The SMILES string of the molecule is CC(CCc1ccco1)n1c(=S)[nH]c2ccc(Br)cc21. The fraction of sp³-hybridized carbons (Fsp3) is 0.267. The van der Waals surface area contributed by atoms with E-state index in [2.05, 4.69) is 38.5 Å². The Morgan fingerprint density at radius 3 is 3.00 bits per heavy atom. The zero-order valence-corrected chi connectivity index (χ0v) is 13.5. The number of hydrogen-bond donors (Lipinski definition) is 1. The molecule has 0 saturated carbocycles. The van der Waals surface area contributed by atoms with Gasteiger partial charge in [-0.1, -0.05) is 15.9 Å². The average molecular weight is 351 g/mol. The molecule has 2 heterocycles. The molecule has 0 spiro atoms. The number of imidazole rings is 1. The highest BCUT2D eigenvalue weighted by Gasteiger charge is 2.12. The highest BCUT2D eigenvalue weighted by atomic mass is 79.9. The zero-order chi connectivity index (χ0) is 14.1. The van der Waals surface area contributed by atoms with Crippen molar-refractivity contribution in [1.82, 2.24) is 9.55 Å². The Labute approximate surface area is 130 Å². The van der Waals surface area contributed by atoms with Crippen LogP contribution in [0.25, 0.3) is 11.0 Å². The lowest BCUT2D eigenvalue weighted by Gasteiger charge is -2.14. The van der Waals surface area contributed by atoms with E-state index in [9.17, 15) is 0 Å². The number of halogens is 1. The number of nitrogens with zero attached hydrogens (tertiary/aromatic N) is 1. The Morgan fingerprint density at radius 1 is 1.40 bits per heavy atom. The monoisotopic (exact) mass is 350 g/mol. The summed E-state index contributed by atoms with van der Waals surface area (Å²) in [4.78, 5) is 3.26. The summed E-state index contributed by atoms with van der Waals surface area (Å²) < 4.78 is 9.40. The van der Waals surface area contributed by atoms with E-state index >= 15 is 0 Å². The number of fused-ring (bicyclic) bond motifs is 1. The van der Waals surface area contributed by atoms with Gasteiger partial charge in [0, 0.05) is 16.9 Å². The normalized spacial score (nSPS) is 12.9. The van der Waals surface area contributed by atoms with Crippen LogP contribution >= 0.6 is 28.1 Å². The molecule has 3 rings (SSSR count). The molecule has 0 fully saturated rings. The van der Waals surface area contributed by atoms with Crippen molar-refractivity contribution in [2.45, 2.75) is 25.8 Å². The highest BCUT2D eigenvalue weighted by Crippen LogP contribution is 2.25. The number of rotatable bonds is 4. The Balaban J connectivity index is 1.90. The molecule has 3 nitrogen and oxygen atoms in total. The number of hydrogen-bond acceptors (Lipinski definition) is 2. The fourth-order valence-electron chi connectivity index (χ4n) is 2.47. The zero-order valence-electron chi connectivity index (χ0n) is 11.1. The van der Waals surface area contributed by atoms with Crippen molar-refractivity contribution < 1.29 is 4.42 Å². The summed E-state index contributed by atoms with van der Waals surface area (Å²) in [7, 11) is 0. The summed E-state index contributed by atoms with van der Waals surface area (Å²) in [5.74, 6) is 1.02. The molecule has 0 radical (unpaired) electrons. The summed E-state index contributed by atoms with van der Waals surface area (Å²) in [6.07, 6.45) is 3.62. The van der Waals surface area contributed by atoms with Crippen molar-refractivity contribution in [3.05, 3.63) is 51.6 Å². The van der Waals surface area contributed by atoms with E-state index in [0.29, 0.717) is 6.04 Å². The maximum Gasteiger partial charge on any atom is 0.178 e. The van der Waals surface area contributed by atoms with Crippen LogP contribution in [-0.2, 0) is 6.42 Å². The molecule has 1 unspecified atom stereocenters. The van der Waals surface area contributed by atoms with Gasteiger partial charge in [-0.05, 0) is 55.9 Å². The first kappa shape index (κ1) is 13.6. The van der Waals surface area contributed by atoms with Crippen LogP contribution in [0.15, 0.2) is 45.5 Å². The van der Waals surface area contributed by atoms with Gasteiger partial charge in [0.05, 0.1) is 17.3 Å². The first-order chi connectivity index (χ1) is 9.65. The second kappa shape index (κ2) is 5.58. The second-order valence-electron chi connectivity index (χ2n) is 4.93. The van der Waals surface area contributed by atoms with E-state index in [1.54, 1.807) is 6.26 Å². The number of benzene rings is 1. The van der Waals surface area contributed by atoms with Crippen molar-refractivity contribution in [3.8, 4) is 0 Å². The number of H-pyrrole nitrogens is 1. The van der Waals surface area contributed by atoms with Gasteiger partial charge in [-0.15, -0.1) is 0 Å². The largest absolute Gasteiger partial charge is 0.469 e. The van der Waals surface area contributed by atoms with Crippen LogP contribution in [0.2, 0.25) is 0 Å². The quantitative estimate of drug-likeness (QED) is 0.652.